The van der Waals surface area contributed by atoms with Crippen molar-refractivity contribution in [1.29, 1.82) is 0 Å². The van der Waals surface area contributed by atoms with Crippen LogP contribution in [0.5, 0.6) is 0 Å². The average molecular weight is 439 g/mol. The van der Waals surface area contributed by atoms with Crippen LogP contribution in [0.3, 0.4) is 0 Å². The molecule has 0 bridgehead atoms. The fourth-order valence-corrected chi connectivity index (χ4v) is 5.61. The third-order valence-electron chi connectivity index (χ3n) is 6.27. The van der Waals surface area contributed by atoms with Crippen molar-refractivity contribution < 1.29 is 24.2 Å². The van der Waals surface area contributed by atoms with E-state index in [1.165, 1.54) is 16.7 Å². The minimum Gasteiger partial charge on any atom is -0.480 e. The Balaban J connectivity index is 1.26. The Hall–Kier alpha value is -3.00. The van der Waals surface area contributed by atoms with Gasteiger partial charge >= 0.3 is 12.1 Å². The van der Waals surface area contributed by atoms with Crippen molar-refractivity contribution in [2.75, 3.05) is 18.2 Å². The number of ether oxygens (including phenoxy) is 1. The standard InChI is InChI=1S/C23H22N2O5S/c26-20(27)19-12-31-13-25(19)21(28)23(9-10-23)24-22(29)30-11-18-16-7-3-1-5-14(16)15-6-2-4-8-17(15)18/h1-8,18-19H,9-13H2,(H,24,29)(H,26,27)/t19-/m0/s1. The Kier molecular flexibility index (Phi) is 4.89. The van der Waals surface area contributed by atoms with Crippen molar-refractivity contribution in [1.82, 2.24) is 10.2 Å². The lowest BCUT2D eigenvalue weighted by atomic mass is 9.98. The number of hydrogen-bond acceptors (Lipinski definition) is 5. The maximum Gasteiger partial charge on any atom is 0.408 e. The van der Waals surface area contributed by atoms with Crippen LogP contribution >= 0.6 is 11.8 Å². The molecule has 2 aliphatic carbocycles. The van der Waals surface area contributed by atoms with Gasteiger partial charge in [0.1, 0.15) is 18.2 Å². The van der Waals surface area contributed by atoms with E-state index in [9.17, 15) is 19.5 Å². The van der Waals surface area contributed by atoms with Gasteiger partial charge in [0.05, 0.1) is 5.88 Å². The van der Waals surface area contributed by atoms with Gasteiger partial charge in [-0.2, -0.15) is 0 Å². The topological polar surface area (TPSA) is 95.9 Å². The molecule has 1 heterocycles. The Morgan fingerprint density at radius 2 is 1.68 bits per heavy atom. The van der Waals surface area contributed by atoms with Crippen LogP contribution in [0.1, 0.15) is 29.9 Å². The van der Waals surface area contributed by atoms with Gasteiger partial charge in [-0.3, -0.25) is 4.79 Å². The number of alkyl carbamates (subject to hydrolysis) is 1. The Morgan fingerprint density at radius 1 is 1.06 bits per heavy atom. The molecule has 2 aromatic carbocycles. The Morgan fingerprint density at radius 3 is 2.26 bits per heavy atom. The molecule has 5 rings (SSSR count). The summed E-state index contributed by atoms with van der Waals surface area (Å²) in [6.07, 6.45) is 0.332. The maximum absolute atomic E-state index is 12.9. The zero-order valence-electron chi connectivity index (χ0n) is 16.7. The van der Waals surface area contributed by atoms with E-state index in [1.807, 2.05) is 36.4 Å². The minimum atomic E-state index is -1.04. The molecule has 3 aliphatic rings. The van der Waals surface area contributed by atoms with E-state index >= 15 is 0 Å². The fraction of sp³-hybridized carbons (Fsp3) is 0.348. The lowest BCUT2D eigenvalue weighted by molar-refractivity contribution is -0.148. The molecule has 1 atom stereocenters. The summed E-state index contributed by atoms with van der Waals surface area (Å²) in [5, 5.41) is 12.1. The fourth-order valence-electron chi connectivity index (χ4n) is 4.47. The van der Waals surface area contributed by atoms with E-state index in [0.29, 0.717) is 24.5 Å². The smallest absolute Gasteiger partial charge is 0.408 e. The lowest BCUT2D eigenvalue weighted by Crippen LogP contribution is -2.54. The molecular formula is C23H22N2O5S. The molecule has 2 aromatic rings. The number of aliphatic carboxylic acids is 1. The molecule has 1 aliphatic heterocycles. The van der Waals surface area contributed by atoms with E-state index in [2.05, 4.69) is 17.4 Å². The van der Waals surface area contributed by atoms with E-state index in [-0.39, 0.29) is 18.4 Å². The first kappa shape index (κ1) is 19.9. The van der Waals surface area contributed by atoms with E-state index < -0.39 is 23.6 Å². The molecule has 2 amide bonds. The highest BCUT2D eigenvalue weighted by Gasteiger charge is 2.55. The summed E-state index contributed by atoms with van der Waals surface area (Å²) >= 11 is 1.40. The number of carboxylic acid groups (broad SMARTS) is 1. The SMILES string of the molecule is O=C(NC1(C(=O)N2CSC[C@H]2C(=O)O)CC1)OCC1c2ccccc2-c2ccccc21. The van der Waals surface area contributed by atoms with Gasteiger partial charge in [-0.25, -0.2) is 9.59 Å². The van der Waals surface area contributed by atoms with Gasteiger partial charge in [0, 0.05) is 11.7 Å². The quantitative estimate of drug-likeness (QED) is 0.745. The second-order valence-corrected chi connectivity index (χ2v) is 9.16. The largest absolute Gasteiger partial charge is 0.480 e. The molecule has 7 nitrogen and oxygen atoms in total. The number of thioether (sulfide) groups is 1. The highest BCUT2D eigenvalue weighted by molar-refractivity contribution is 7.99. The second-order valence-electron chi connectivity index (χ2n) is 8.16. The van der Waals surface area contributed by atoms with Gasteiger partial charge in [-0.15, -0.1) is 11.8 Å². The van der Waals surface area contributed by atoms with Crippen molar-refractivity contribution in [2.24, 2.45) is 0 Å². The van der Waals surface area contributed by atoms with E-state index in [1.54, 1.807) is 0 Å². The molecule has 0 aromatic heterocycles. The van der Waals surface area contributed by atoms with Crippen LogP contribution in [0.4, 0.5) is 4.79 Å². The monoisotopic (exact) mass is 438 g/mol. The predicted molar refractivity (Wildman–Crippen MR) is 116 cm³/mol. The first-order chi connectivity index (χ1) is 15.0. The summed E-state index contributed by atoms with van der Waals surface area (Å²) < 4.78 is 5.56. The lowest BCUT2D eigenvalue weighted by Gasteiger charge is -2.26. The van der Waals surface area contributed by atoms with E-state index in [0.717, 1.165) is 22.3 Å². The van der Waals surface area contributed by atoms with Crippen molar-refractivity contribution >= 4 is 29.7 Å². The van der Waals surface area contributed by atoms with Crippen molar-refractivity contribution in [3.63, 3.8) is 0 Å². The summed E-state index contributed by atoms with van der Waals surface area (Å²) in [7, 11) is 0. The number of fused-ring (bicyclic) bond motifs is 3. The van der Waals surface area contributed by atoms with Crippen molar-refractivity contribution in [3.05, 3.63) is 59.7 Å². The van der Waals surface area contributed by atoms with Gasteiger partial charge in [-0.05, 0) is 35.1 Å². The molecular weight excluding hydrogens is 416 g/mol. The second kappa shape index (κ2) is 7.60. The van der Waals surface area contributed by atoms with Crippen LogP contribution in [0, 0.1) is 0 Å². The molecule has 1 saturated heterocycles. The zero-order valence-corrected chi connectivity index (χ0v) is 17.6. The molecule has 31 heavy (non-hydrogen) atoms. The van der Waals surface area contributed by atoms with Gasteiger partial charge < -0.3 is 20.1 Å². The highest BCUT2D eigenvalue weighted by Crippen LogP contribution is 2.45. The van der Waals surface area contributed by atoms with Crippen LogP contribution in [-0.2, 0) is 14.3 Å². The predicted octanol–water partition coefficient (Wildman–Crippen LogP) is 3.04. The number of carbonyl (C=O) groups is 3. The number of hydrogen-bond donors (Lipinski definition) is 2. The third kappa shape index (κ3) is 3.44. The average Bonchev–Trinajstić information content (AvgIpc) is 3.25. The van der Waals surface area contributed by atoms with E-state index in [4.69, 9.17) is 4.74 Å². The molecule has 2 N–H and O–H groups in total. The first-order valence-corrected chi connectivity index (χ1v) is 11.4. The molecule has 0 spiro atoms. The van der Waals surface area contributed by atoms with Gasteiger partial charge in [0.2, 0.25) is 5.91 Å². The minimum absolute atomic E-state index is 0.0598. The number of rotatable bonds is 5. The normalized spacial score (nSPS) is 20.6. The number of benzene rings is 2. The molecule has 160 valence electrons. The third-order valence-corrected chi connectivity index (χ3v) is 7.28. The van der Waals surface area contributed by atoms with Crippen LogP contribution < -0.4 is 5.32 Å². The Labute approximate surface area is 183 Å². The van der Waals surface area contributed by atoms with Crippen LogP contribution in [0.25, 0.3) is 11.1 Å². The highest BCUT2D eigenvalue weighted by atomic mass is 32.2. The molecule has 2 fully saturated rings. The molecule has 0 unspecified atom stereocenters. The molecule has 8 heteroatoms. The first-order valence-electron chi connectivity index (χ1n) is 10.2. The summed E-state index contributed by atoms with van der Waals surface area (Å²) in [6.45, 7) is 0.168. The number of nitrogens with zero attached hydrogens (tertiary/aromatic N) is 1. The summed E-state index contributed by atoms with van der Waals surface area (Å²) in [5.74, 6) is -0.726. The zero-order chi connectivity index (χ0) is 21.6. The molecule has 1 saturated carbocycles. The number of nitrogens with one attached hydrogen (secondary N) is 1. The van der Waals surface area contributed by atoms with Crippen LogP contribution in [-0.4, -0.2) is 57.8 Å². The Bertz CT molecular complexity index is 1020. The van der Waals surface area contributed by atoms with Crippen molar-refractivity contribution in [3.8, 4) is 11.1 Å². The van der Waals surface area contributed by atoms with Crippen LogP contribution in [0.15, 0.2) is 48.5 Å². The molecule has 0 radical (unpaired) electrons. The summed E-state index contributed by atoms with van der Waals surface area (Å²) in [5.41, 5.74) is 3.49. The van der Waals surface area contributed by atoms with Crippen molar-refractivity contribution in [2.45, 2.75) is 30.3 Å². The van der Waals surface area contributed by atoms with Gasteiger partial charge in [-0.1, -0.05) is 48.5 Å². The number of amides is 2. The van der Waals surface area contributed by atoms with Gasteiger partial charge in [0.15, 0.2) is 0 Å². The maximum atomic E-state index is 12.9. The summed E-state index contributed by atoms with van der Waals surface area (Å²) in [6, 6.07) is 15.3. The van der Waals surface area contributed by atoms with Crippen LogP contribution in [0.2, 0.25) is 0 Å². The summed E-state index contributed by atoms with van der Waals surface area (Å²) in [4.78, 5) is 38.3. The number of carboxylic acids is 1. The number of carbonyl (C=O) groups excluding carboxylic acids is 2. The van der Waals surface area contributed by atoms with Gasteiger partial charge in [0.25, 0.3) is 0 Å².